The van der Waals surface area contributed by atoms with Crippen molar-refractivity contribution in [3.8, 4) is 6.07 Å². The number of carbonyl (C=O) groups excluding carboxylic acids is 1. The van der Waals surface area contributed by atoms with E-state index >= 15 is 0 Å². The SMILES string of the molecule is CC(C)N(CCC#N)C(=O)C1CCNCC1. The molecule has 16 heavy (non-hydrogen) atoms. The lowest BCUT2D eigenvalue weighted by atomic mass is 9.96. The van der Waals surface area contributed by atoms with Gasteiger partial charge in [-0.2, -0.15) is 5.26 Å². The van der Waals surface area contributed by atoms with Crippen LogP contribution in [0.5, 0.6) is 0 Å². The van der Waals surface area contributed by atoms with Crippen LogP contribution in [0, 0.1) is 17.2 Å². The Morgan fingerprint density at radius 1 is 1.50 bits per heavy atom. The van der Waals surface area contributed by atoms with Crippen molar-refractivity contribution in [2.75, 3.05) is 19.6 Å². The topological polar surface area (TPSA) is 56.1 Å². The molecule has 4 nitrogen and oxygen atoms in total. The zero-order valence-corrected chi connectivity index (χ0v) is 10.2. The van der Waals surface area contributed by atoms with E-state index in [1.807, 2.05) is 18.7 Å². The van der Waals surface area contributed by atoms with Crippen molar-refractivity contribution in [3.63, 3.8) is 0 Å². The van der Waals surface area contributed by atoms with Crippen molar-refractivity contribution in [1.82, 2.24) is 10.2 Å². The minimum absolute atomic E-state index is 0.155. The van der Waals surface area contributed by atoms with Gasteiger partial charge in [-0.15, -0.1) is 0 Å². The van der Waals surface area contributed by atoms with Gasteiger partial charge in [0.2, 0.25) is 5.91 Å². The third-order valence-corrected chi connectivity index (χ3v) is 3.06. The molecule has 1 aliphatic heterocycles. The fourth-order valence-corrected chi connectivity index (χ4v) is 2.10. The minimum Gasteiger partial charge on any atom is -0.339 e. The largest absolute Gasteiger partial charge is 0.339 e. The minimum atomic E-state index is 0.155. The molecule has 0 bridgehead atoms. The highest BCUT2D eigenvalue weighted by molar-refractivity contribution is 5.79. The van der Waals surface area contributed by atoms with E-state index in [4.69, 9.17) is 5.26 Å². The molecule has 0 radical (unpaired) electrons. The van der Waals surface area contributed by atoms with Crippen LogP contribution in [0.4, 0.5) is 0 Å². The molecule has 0 aromatic rings. The summed E-state index contributed by atoms with van der Waals surface area (Å²) in [5, 5.41) is 11.8. The smallest absolute Gasteiger partial charge is 0.226 e. The molecule has 1 amide bonds. The normalized spacial score (nSPS) is 17.1. The van der Waals surface area contributed by atoms with Crippen molar-refractivity contribution in [2.45, 2.75) is 39.2 Å². The summed E-state index contributed by atoms with van der Waals surface area (Å²) in [6.45, 7) is 6.45. The number of amides is 1. The Morgan fingerprint density at radius 2 is 2.12 bits per heavy atom. The highest BCUT2D eigenvalue weighted by Gasteiger charge is 2.26. The molecule has 0 aromatic heterocycles. The molecule has 0 aliphatic carbocycles. The van der Waals surface area contributed by atoms with Gasteiger partial charge in [0.25, 0.3) is 0 Å². The van der Waals surface area contributed by atoms with Gasteiger partial charge in [0.05, 0.1) is 12.5 Å². The standard InChI is InChI=1S/C12H21N3O/c1-10(2)15(9-3-6-13)12(16)11-4-7-14-8-5-11/h10-11,14H,3-5,7-9H2,1-2H3. The van der Waals surface area contributed by atoms with Crippen LogP contribution < -0.4 is 5.32 Å². The van der Waals surface area contributed by atoms with Gasteiger partial charge >= 0.3 is 0 Å². The lowest BCUT2D eigenvalue weighted by Crippen LogP contribution is -2.44. The molecule has 90 valence electrons. The predicted molar refractivity (Wildman–Crippen MR) is 62.7 cm³/mol. The molecule has 1 N–H and O–H groups in total. The highest BCUT2D eigenvalue weighted by atomic mass is 16.2. The van der Waals surface area contributed by atoms with E-state index in [1.54, 1.807) is 0 Å². The first kappa shape index (κ1) is 13.0. The molecule has 1 aliphatic rings. The molecular formula is C12H21N3O. The quantitative estimate of drug-likeness (QED) is 0.777. The molecule has 0 atom stereocenters. The number of nitrogens with zero attached hydrogens (tertiary/aromatic N) is 2. The van der Waals surface area contributed by atoms with E-state index in [0.717, 1.165) is 25.9 Å². The van der Waals surface area contributed by atoms with E-state index in [9.17, 15) is 4.79 Å². The molecule has 1 rings (SSSR count). The van der Waals surface area contributed by atoms with Gasteiger partial charge in [-0.25, -0.2) is 0 Å². The van der Waals surface area contributed by atoms with Gasteiger partial charge in [-0.1, -0.05) is 0 Å². The van der Waals surface area contributed by atoms with E-state index in [-0.39, 0.29) is 17.9 Å². The van der Waals surface area contributed by atoms with Crippen LogP contribution in [0.1, 0.15) is 33.1 Å². The third-order valence-electron chi connectivity index (χ3n) is 3.06. The van der Waals surface area contributed by atoms with Crippen LogP contribution in [0.2, 0.25) is 0 Å². The Balaban J connectivity index is 2.55. The Hall–Kier alpha value is -1.08. The Bertz CT molecular complexity index is 264. The second kappa shape index (κ2) is 6.49. The van der Waals surface area contributed by atoms with Crippen LogP contribution in [-0.2, 0) is 4.79 Å². The lowest BCUT2D eigenvalue weighted by Gasteiger charge is -2.31. The summed E-state index contributed by atoms with van der Waals surface area (Å²) in [4.78, 5) is 14.1. The summed E-state index contributed by atoms with van der Waals surface area (Å²) in [5.74, 6) is 0.383. The molecule has 1 saturated heterocycles. The summed E-state index contributed by atoms with van der Waals surface area (Å²) in [6.07, 6.45) is 2.28. The summed E-state index contributed by atoms with van der Waals surface area (Å²) >= 11 is 0. The van der Waals surface area contributed by atoms with Crippen molar-refractivity contribution in [2.24, 2.45) is 5.92 Å². The summed E-state index contributed by atoms with van der Waals surface area (Å²) in [7, 11) is 0. The summed E-state index contributed by atoms with van der Waals surface area (Å²) in [6, 6.07) is 2.30. The van der Waals surface area contributed by atoms with Gasteiger partial charge in [0.1, 0.15) is 0 Å². The molecule has 0 spiro atoms. The van der Waals surface area contributed by atoms with Crippen LogP contribution in [0.25, 0.3) is 0 Å². The monoisotopic (exact) mass is 223 g/mol. The third kappa shape index (κ3) is 3.49. The van der Waals surface area contributed by atoms with E-state index in [2.05, 4.69) is 11.4 Å². The zero-order chi connectivity index (χ0) is 12.0. The summed E-state index contributed by atoms with van der Waals surface area (Å²) < 4.78 is 0. The van der Waals surface area contributed by atoms with Crippen molar-refractivity contribution >= 4 is 5.91 Å². The average Bonchev–Trinajstić information content (AvgIpc) is 2.30. The predicted octanol–water partition coefficient (Wildman–Crippen LogP) is 1.14. The first-order valence-corrected chi connectivity index (χ1v) is 6.05. The van der Waals surface area contributed by atoms with Crippen molar-refractivity contribution in [1.29, 1.82) is 5.26 Å². The maximum Gasteiger partial charge on any atom is 0.226 e. The van der Waals surface area contributed by atoms with Gasteiger partial charge in [0.15, 0.2) is 0 Å². The van der Waals surface area contributed by atoms with Gasteiger partial charge in [-0.3, -0.25) is 4.79 Å². The van der Waals surface area contributed by atoms with E-state index in [0.29, 0.717) is 13.0 Å². The molecule has 1 heterocycles. The molecule has 0 aromatic carbocycles. The van der Waals surface area contributed by atoms with E-state index in [1.165, 1.54) is 0 Å². The van der Waals surface area contributed by atoms with Crippen LogP contribution in [0.15, 0.2) is 0 Å². The second-order valence-corrected chi connectivity index (χ2v) is 4.56. The van der Waals surface area contributed by atoms with Crippen LogP contribution in [0.3, 0.4) is 0 Å². The Labute approximate surface area is 97.6 Å². The fraction of sp³-hybridized carbons (Fsp3) is 0.833. The number of rotatable bonds is 4. The van der Waals surface area contributed by atoms with Crippen LogP contribution in [-0.4, -0.2) is 36.5 Å². The first-order valence-electron chi connectivity index (χ1n) is 6.05. The lowest BCUT2D eigenvalue weighted by molar-refractivity contribution is -0.138. The number of nitriles is 1. The molecule has 1 fully saturated rings. The Morgan fingerprint density at radius 3 is 2.62 bits per heavy atom. The van der Waals surface area contributed by atoms with Crippen molar-refractivity contribution < 1.29 is 4.79 Å². The average molecular weight is 223 g/mol. The number of carbonyl (C=O) groups is 1. The maximum absolute atomic E-state index is 12.2. The van der Waals surface area contributed by atoms with E-state index < -0.39 is 0 Å². The van der Waals surface area contributed by atoms with Crippen LogP contribution >= 0.6 is 0 Å². The Kier molecular flexibility index (Phi) is 5.27. The number of nitrogens with one attached hydrogen (secondary N) is 1. The second-order valence-electron chi connectivity index (χ2n) is 4.56. The molecule has 0 saturated carbocycles. The number of hydrogen-bond donors (Lipinski definition) is 1. The van der Waals surface area contributed by atoms with Crippen molar-refractivity contribution in [3.05, 3.63) is 0 Å². The molecular weight excluding hydrogens is 202 g/mol. The van der Waals surface area contributed by atoms with Gasteiger partial charge in [-0.05, 0) is 39.8 Å². The highest BCUT2D eigenvalue weighted by Crippen LogP contribution is 2.17. The number of hydrogen-bond acceptors (Lipinski definition) is 3. The maximum atomic E-state index is 12.2. The van der Waals surface area contributed by atoms with Gasteiger partial charge < -0.3 is 10.2 Å². The summed E-state index contributed by atoms with van der Waals surface area (Å²) in [5.41, 5.74) is 0. The molecule has 0 unspecified atom stereocenters. The number of piperidine rings is 1. The zero-order valence-electron chi connectivity index (χ0n) is 10.2. The molecule has 4 heteroatoms. The fourth-order valence-electron chi connectivity index (χ4n) is 2.10. The van der Waals surface area contributed by atoms with Gasteiger partial charge in [0, 0.05) is 18.5 Å². The first-order chi connectivity index (χ1) is 7.66.